The van der Waals surface area contributed by atoms with E-state index in [1.807, 2.05) is 11.6 Å². The lowest BCUT2D eigenvalue weighted by molar-refractivity contribution is 0.282. The van der Waals surface area contributed by atoms with Crippen LogP contribution in [0.4, 0.5) is 0 Å². The van der Waals surface area contributed by atoms with Crippen LogP contribution < -0.4 is 0 Å². The van der Waals surface area contributed by atoms with Crippen LogP contribution in [0.3, 0.4) is 0 Å². The van der Waals surface area contributed by atoms with E-state index < -0.39 is 0 Å². The Morgan fingerprint density at radius 3 is 3.08 bits per heavy atom. The summed E-state index contributed by atoms with van der Waals surface area (Å²) in [5, 5.41) is 0. The third-order valence-corrected chi connectivity index (χ3v) is 1.83. The first-order valence-electron chi connectivity index (χ1n) is 4.02. The molecule has 0 bridgehead atoms. The van der Waals surface area contributed by atoms with E-state index in [-0.39, 0.29) is 0 Å². The van der Waals surface area contributed by atoms with Gasteiger partial charge in [-0.3, -0.25) is 0 Å². The minimum Gasteiger partial charge on any atom is -0.476 e. The number of aliphatic imine (C=N–C) groups is 1. The highest BCUT2D eigenvalue weighted by molar-refractivity contribution is 5.92. The van der Waals surface area contributed by atoms with E-state index in [0.717, 1.165) is 31.2 Å². The predicted molar refractivity (Wildman–Crippen MR) is 45.2 cm³/mol. The topological polar surface area (TPSA) is 39.4 Å². The van der Waals surface area contributed by atoms with Gasteiger partial charge in [0.2, 0.25) is 5.90 Å². The van der Waals surface area contributed by atoms with E-state index in [9.17, 15) is 0 Å². The smallest absolute Gasteiger partial charge is 0.234 e. The molecule has 0 aromatic carbocycles. The SMILES string of the molecule is Cn1cncc1C1=NCCCO1. The first-order chi connectivity index (χ1) is 5.88. The van der Waals surface area contributed by atoms with E-state index in [4.69, 9.17) is 4.74 Å². The number of hydrogen-bond acceptors (Lipinski definition) is 3. The fourth-order valence-electron chi connectivity index (χ4n) is 1.18. The van der Waals surface area contributed by atoms with Crippen LogP contribution in [0.2, 0.25) is 0 Å². The first-order valence-corrected chi connectivity index (χ1v) is 4.02. The normalized spacial score (nSPS) is 16.9. The van der Waals surface area contributed by atoms with Gasteiger partial charge in [0.25, 0.3) is 0 Å². The zero-order valence-electron chi connectivity index (χ0n) is 7.03. The van der Waals surface area contributed by atoms with Crippen LogP contribution in [0.15, 0.2) is 17.5 Å². The molecule has 0 radical (unpaired) electrons. The monoisotopic (exact) mass is 165 g/mol. The van der Waals surface area contributed by atoms with Crippen LogP contribution in [0.1, 0.15) is 12.1 Å². The maximum Gasteiger partial charge on any atom is 0.234 e. The Labute approximate surface area is 70.9 Å². The van der Waals surface area contributed by atoms with Crippen LogP contribution in [0.5, 0.6) is 0 Å². The third kappa shape index (κ3) is 1.20. The molecule has 1 aliphatic rings. The molecule has 0 amide bonds. The largest absolute Gasteiger partial charge is 0.476 e. The van der Waals surface area contributed by atoms with E-state index in [1.165, 1.54) is 0 Å². The Hall–Kier alpha value is -1.32. The van der Waals surface area contributed by atoms with Crippen LogP contribution >= 0.6 is 0 Å². The van der Waals surface area contributed by atoms with Gasteiger partial charge in [0.15, 0.2) is 0 Å². The molecule has 2 heterocycles. The van der Waals surface area contributed by atoms with Crippen molar-refractivity contribution in [3.8, 4) is 0 Å². The van der Waals surface area contributed by atoms with Gasteiger partial charge in [0, 0.05) is 20.0 Å². The number of imidazole rings is 1. The summed E-state index contributed by atoms with van der Waals surface area (Å²) in [6.07, 6.45) is 4.53. The van der Waals surface area contributed by atoms with Gasteiger partial charge < -0.3 is 9.30 Å². The minimum atomic E-state index is 0.723. The average Bonchev–Trinajstić information content (AvgIpc) is 2.53. The third-order valence-electron chi connectivity index (χ3n) is 1.83. The minimum absolute atomic E-state index is 0.723. The van der Waals surface area contributed by atoms with Crippen LogP contribution in [0.25, 0.3) is 0 Å². The molecular weight excluding hydrogens is 154 g/mol. The Morgan fingerprint density at radius 1 is 1.58 bits per heavy atom. The van der Waals surface area contributed by atoms with Crippen molar-refractivity contribution in [3.05, 3.63) is 18.2 Å². The summed E-state index contributed by atoms with van der Waals surface area (Å²) >= 11 is 0. The molecule has 0 N–H and O–H groups in total. The molecule has 64 valence electrons. The number of hydrogen-bond donors (Lipinski definition) is 0. The van der Waals surface area contributed by atoms with Crippen LogP contribution in [-0.2, 0) is 11.8 Å². The zero-order chi connectivity index (χ0) is 8.39. The number of ether oxygens (including phenoxy) is 1. The lowest BCUT2D eigenvalue weighted by Crippen LogP contribution is -2.17. The van der Waals surface area contributed by atoms with Gasteiger partial charge >= 0.3 is 0 Å². The number of aryl methyl sites for hydroxylation is 1. The van der Waals surface area contributed by atoms with Crippen molar-refractivity contribution in [2.75, 3.05) is 13.2 Å². The molecule has 1 aromatic heterocycles. The van der Waals surface area contributed by atoms with Crippen LogP contribution in [-0.4, -0.2) is 28.6 Å². The second-order valence-corrected chi connectivity index (χ2v) is 2.78. The van der Waals surface area contributed by atoms with Gasteiger partial charge in [-0.1, -0.05) is 0 Å². The fourth-order valence-corrected chi connectivity index (χ4v) is 1.18. The first kappa shape index (κ1) is 7.34. The maximum atomic E-state index is 5.39. The van der Waals surface area contributed by atoms with Crippen LogP contribution in [0, 0.1) is 0 Å². The predicted octanol–water partition coefficient (Wildman–Crippen LogP) is 0.587. The molecule has 0 atom stereocenters. The van der Waals surface area contributed by atoms with E-state index >= 15 is 0 Å². The molecule has 4 heteroatoms. The molecule has 12 heavy (non-hydrogen) atoms. The van der Waals surface area contributed by atoms with Crippen molar-refractivity contribution >= 4 is 5.90 Å². The molecular formula is C8H11N3O. The molecule has 0 fully saturated rings. The van der Waals surface area contributed by atoms with Gasteiger partial charge in [-0.05, 0) is 0 Å². The van der Waals surface area contributed by atoms with E-state index in [1.54, 1.807) is 12.5 Å². The lowest BCUT2D eigenvalue weighted by Gasteiger charge is -2.13. The van der Waals surface area contributed by atoms with Gasteiger partial charge in [-0.2, -0.15) is 0 Å². The molecule has 2 rings (SSSR count). The number of nitrogens with zero attached hydrogens (tertiary/aromatic N) is 3. The Kier molecular flexibility index (Phi) is 1.81. The molecule has 1 aromatic rings. The van der Waals surface area contributed by atoms with Crippen molar-refractivity contribution in [1.29, 1.82) is 0 Å². The maximum absolute atomic E-state index is 5.39. The summed E-state index contributed by atoms with van der Waals surface area (Å²) in [5.41, 5.74) is 0.953. The summed E-state index contributed by atoms with van der Waals surface area (Å²) < 4.78 is 7.30. The summed E-state index contributed by atoms with van der Waals surface area (Å²) in [7, 11) is 1.93. The van der Waals surface area contributed by atoms with Crippen molar-refractivity contribution in [1.82, 2.24) is 9.55 Å². The van der Waals surface area contributed by atoms with Gasteiger partial charge in [-0.25, -0.2) is 9.98 Å². The molecule has 0 unspecified atom stereocenters. The quantitative estimate of drug-likeness (QED) is 0.611. The number of aromatic nitrogens is 2. The lowest BCUT2D eigenvalue weighted by atomic mass is 10.4. The average molecular weight is 165 g/mol. The van der Waals surface area contributed by atoms with Crippen molar-refractivity contribution in [2.45, 2.75) is 6.42 Å². The van der Waals surface area contributed by atoms with E-state index in [2.05, 4.69) is 9.98 Å². The van der Waals surface area contributed by atoms with Gasteiger partial charge in [0.1, 0.15) is 5.69 Å². The highest BCUT2D eigenvalue weighted by Crippen LogP contribution is 2.05. The van der Waals surface area contributed by atoms with Crippen molar-refractivity contribution < 1.29 is 4.74 Å². The second kappa shape index (κ2) is 2.97. The van der Waals surface area contributed by atoms with Gasteiger partial charge in [-0.15, -0.1) is 0 Å². The Bertz CT molecular complexity index is 303. The highest BCUT2D eigenvalue weighted by Gasteiger charge is 2.11. The molecule has 4 nitrogen and oxygen atoms in total. The molecule has 0 saturated carbocycles. The summed E-state index contributed by atoms with van der Waals surface area (Å²) in [5.74, 6) is 0.723. The Balaban J connectivity index is 2.29. The van der Waals surface area contributed by atoms with Crippen molar-refractivity contribution in [3.63, 3.8) is 0 Å². The molecule has 1 aliphatic heterocycles. The summed E-state index contributed by atoms with van der Waals surface area (Å²) in [6.45, 7) is 1.63. The molecule has 0 aliphatic carbocycles. The van der Waals surface area contributed by atoms with Gasteiger partial charge in [0.05, 0.1) is 19.1 Å². The fraction of sp³-hybridized carbons (Fsp3) is 0.500. The van der Waals surface area contributed by atoms with E-state index in [0.29, 0.717) is 0 Å². The zero-order valence-corrected chi connectivity index (χ0v) is 7.03. The molecule has 0 saturated heterocycles. The second-order valence-electron chi connectivity index (χ2n) is 2.78. The Morgan fingerprint density at radius 2 is 2.50 bits per heavy atom. The van der Waals surface area contributed by atoms with Crippen molar-refractivity contribution in [2.24, 2.45) is 12.0 Å². The summed E-state index contributed by atoms with van der Waals surface area (Å²) in [6, 6.07) is 0. The molecule has 0 spiro atoms. The highest BCUT2D eigenvalue weighted by atomic mass is 16.5. The standard InChI is InChI=1S/C8H11N3O/c1-11-6-9-5-7(11)8-10-3-2-4-12-8/h5-6H,2-4H2,1H3. The number of rotatable bonds is 1. The summed E-state index contributed by atoms with van der Waals surface area (Å²) in [4.78, 5) is 8.27.